The molecule has 0 aromatic heterocycles. The lowest BCUT2D eigenvalue weighted by molar-refractivity contribution is -0.321. The van der Waals surface area contributed by atoms with E-state index in [4.69, 9.17) is 23.7 Å². The van der Waals surface area contributed by atoms with E-state index in [0.29, 0.717) is 26.1 Å². The van der Waals surface area contributed by atoms with Gasteiger partial charge in [0.1, 0.15) is 18.3 Å². The smallest absolute Gasteiger partial charge is 0.309 e. The van der Waals surface area contributed by atoms with Crippen molar-refractivity contribution in [3.63, 3.8) is 0 Å². The molecule has 166 valence electrons. The summed E-state index contributed by atoms with van der Waals surface area (Å²) in [4.78, 5) is 12.5. The number of carbonyl (C=O) groups excluding carboxylic acids is 1. The minimum Gasteiger partial charge on any atom is -0.456 e. The molecule has 6 atom stereocenters. The topological polar surface area (TPSA) is 63.2 Å². The Labute approximate surface area is 183 Å². The summed E-state index contributed by atoms with van der Waals surface area (Å²) in [7, 11) is 1.60. The number of hydrogen-bond acceptors (Lipinski definition) is 6. The summed E-state index contributed by atoms with van der Waals surface area (Å²) in [6.07, 6.45) is -1.17. The van der Waals surface area contributed by atoms with Crippen molar-refractivity contribution in [2.45, 2.75) is 63.7 Å². The molecule has 0 spiro atoms. The van der Waals surface area contributed by atoms with Gasteiger partial charge in [-0.2, -0.15) is 0 Å². The maximum atomic E-state index is 12.5. The summed E-state index contributed by atoms with van der Waals surface area (Å²) in [5, 5.41) is 0. The third kappa shape index (κ3) is 5.15. The number of esters is 1. The average molecular weight is 427 g/mol. The maximum Gasteiger partial charge on any atom is 0.309 e. The van der Waals surface area contributed by atoms with Gasteiger partial charge in [0.2, 0.25) is 0 Å². The lowest BCUT2D eigenvalue weighted by Crippen LogP contribution is -2.63. The molecule has 2 aromatic carbocycles. The molecule has 2 heterocycles. The van der Waals surface area contributed by atoms with Gasteiger partial charge in [-0.25, -0.2) is 0 Å². The molecule has 0 bridgehead atoms. The Kier molecular flexibility index (Phi) is 7.35. The van der Waals surface area contributed by atoms with E-state index in [1.165, 1.54) is 0 Å². The van der Waals surface area contributed by atoms with Crippen LogP contribution in [0.2, 0.25) is 0 Å². The van der Waals surface area contributed by atoms with Gasteiger partial charge < -0.3 is 23.7 Å². The van der Waals surface area contributed by atoms with Crippen LogP contribution in [0.4, 0.5) is 0 Å². The fourth-order valence-corrected chi connectivity index (χ4v) is 4.24. The molecular formula is C25H30O6. The summed E-state index contributed by atoms with van der Waals surface area (Å²) in [6, 6.07) is 19.8. The second-order valence-corrected chi connectivity index (χ2v) is 8.04. The van der Waals surface area contributed by atoms with Crippen LogP contribution in [0.5, 0.6) is 0 Å². The molecule has 6 nitrogen and oxygen atoms in total. The van der Waals surface area contributed by atoms with E-state index in [2.05, 4.69) is 0 Å². The van der Waals surface area contributed by atoms with Crippen LogP contribution in [0, 0.1) is 5.92 Å². The third-order valence-corrected chi connectivity index (χ3v) is 5.99. The van der Waals surface area contributed by atoms with Gasteiger partial charge in [0.25, 0.3) is 0 Å². The minimum absolute atomic E-state index is 0.171. The van der Waals surface area contributed by atoms with Gasteiger partial charge in [-0.15, -0.1) is 0 Å². The second kappa shape index (κ2) is 10.4. The van der Waals surface area contributed by atoms with Crippen molar-refractivity contribution in [3.8, 4) is 0 Å². The molecule has 0 N–H and O–H groups in total. The van der Waals surface area contributed by atoms with Crippen LogP contribution in [0.3, 0.4) is 0 Å². The van der Waals surface area contributed by atoms with Gasteiger partial charge in [0.15, 0.2) is 12.4 Å². The first-order valence-electron chi connectivity index (χ1n) is 10.9. The molecule has 0 saturated carbocycles. The minimum atomic E-state index is -0.611. The summed E-state index contributed by atoms with van der Waals surface area (Å²) >= 11 is 0. The van der Waals surface area contributed by atoms with Crippen molar-refractivity contribution in [3.05, 3.63) is 71.8 Å². The van der Waals surface area contributed by atoms with Crippen molar-refractivity contribution in [1.82, 2.24) is 0 Å². The molecule has 2 saturated heterocycles. The first kappa shape index (κ1) is 22.0. The predicted molar refractivity (Wildman–Crippen MR) is 114 cm³/mol. The van der Waals surface area contributed by atoms with Gasteiger partial charge in [-0.05, 0) is 24.0 Å². The highest BCUT2D eigenvalue weighted by Gasteiger charge is 2.53. The van der Waals surface area contributed by atoms with Crippen molar-refractivity contribution in [2.24, 2.45) is 5.92 Å². The molecule has 0 radical (unpaired) electrons. The molecule has 0 unspecified atom stereocenters. The molecule has 31 heavy (non-hydrogen) atoms. The highest BCUT2D eigenvalue weighted by atomic mass is 16.7. The summed E-state index contributed by atoms with van der Waals surface area (Å²) in [5.74, 6) is -0.367. The van der Waals surface area contributed by atoms with E-state index in [1.807, 2.05) is 67.6 Å². The van der Waals surface area contributed by atoms with Crippen molar-refractivity contribution in [2.75, 3.05) is 7.11 Å². The van der Waals surface area contributed by atoms with Gasteiger partial charge in [0.05, 0.1) is 19.1 Å². The lowest BCUT2D eigenvalue weighted by atomic mass is 9.87. The summed E-state index contributed by atoms with van der Waals surface area (Å²) in [5.41, 5.74) is 2.07. The Balaban J connectivity index is 1.55. The zero-order valence-electron chi connectivity index (χ0n) is 18.0. The predicted octanol–water partition coefficient (Wildman–Crippen LogP) is 3.87. The third-order valence-electron chi connectivity index (χ3n) is 5.99. The van der Waals surface area contributed by atoms with Gasteiger partial charge in [-0.3, -0.25) is 4.79 Å². The molecule has 4 rings (SSSR count). The van der Waals surface area contributed by atoms with Crippen LogP contribution in [-0.2, 0) is 41.7 Å². The van der Waals surface area contributed by atoms with Gasteiger partial charge in [0, 0.05) is 7.11 Å². The first-order chi connectivity index (χ1) is 15.2. The number of benzene rings is 2. The standard InChI is InChI=1S/C25H30O6/c1-3-19-14-20-21(31-24(19)26)22(28-15-17-10-6-4-7-11-17)23(25(27-2)30-20)29-16-18-12-8-5-9-13-18/h4-13,19-23,25H,3,14-16H2,1-2H3/t19-,20-,21-,22+,23-,25+/m1/s1. The Morgan fingerprint density at radius 2 is 1.48 bits per heavy atom. The lowest BCUT2D eigenvalue weighted by Gasteiger charge is -2.48. The van der Waals surface area contributed by atoms with Gasteiger partial charge >= 0.3 is 5.97 Å². The SMILES string of the molecule is CC[C@@H]1C[C@H]2O[C@H](OC)[C@H](OCc3ccccc3)[C@@H](OCc3ccccc3)[C@@H]2OC1=O. The molecular weight excluding hydrogens is 396 g/mol. The van der Waals surface area contributed by atoms with Crippen LogP contribution in [0.15, 0.2) is 60.7 Å². The number of methoxy groups -OCH3 is 1. The van der Waals surface area contributed by atoms with Crippen molar-refractivity contribution in [1.29, 1.82) is 0 Å². The summed E-state index contributed by atoms with van der Waals surface area (Å²) in [6.45, 7) is 2.74. The van der Waals surface area contributed by atoms with E-state index in [9.17, 15) is 4.79 Å². The first-order valence-corrected chi connectivity index (χ1v) is 10.9. The van der Waals surface area contributed by atoms with Crippen LogP contribution in [-0.4, -0.2) is 43.8 Å². The zero-order valence-corrected chi connectivity index (χ0v) is 18.0. The van der Waals surface area contributed by atoms with E-state index >= 15 is 0 Å². The maximum absolute atomic E-state index is 12.5. The Hall–Kier alpha value is -2.25. The van der Waals surface area contributed by atoms with Crippen LogP contribution in [0.25, 0.3) is 0 Å². The quantitative estimate of drug-likeness (QED) is 0.597. The zero-order chi connectivity index (χ0) is 21.6. The molecule has 2 fully saturated rings. The molecule has 0 aliphatic carbocycles. The monoisotopic (exact) mass is 426 g/mol. The fourth-order valence-electron chi connectivity index (χ4n) is 4.24. The van der Waals surface area contributed by atoms with E-state index in [0.717, 1.165) is 11.1 Å². The number of carbonyl (C=O) groups is 1. The highest BCUT2D eigenvalue weighted by molar-refractivity contribution is 5.73. The molecule has 0 amide bonds. The highest BCUT2D eigenvalue weighted by Crippen LogP contribution is 2.36. The van der Waals surface area contributed by atoms with Crippen LogP contribution in [0.1, 0.15) is 30.9 Å². The molecule has 2 aromatic rings. The van der Waals surface area contributed by atoms with Gasteiger partial charge in [-0.1, -0.05) is 67.6 Å². The van der Waals surface area contributed by atoms with E-state index in [1.54, 1.807) is 7.11 Å². The van der Waals surface area contributed by atoms with Crippen LogP contribution < -0.4 is 0 Å². The van der Waals surface area contributed by atoms with E-state index in [-0.39, 0.29) is 18.0 Å². The Morgan fingerprint density at radius 3 is 2.03 bits per heavy atom. The second-order valence-electron chi connectivity index (χ2n) is 8.04. The number of fused-ring (bicyclic) bond motifs is 1. The van der Waals surface area contributed by atoms with E-state index < -0.39 is 24.6 Å². The Morgan fingerprint density at radius 1 is 0.903 bits per heavy atom. The fraction of sp³-hybridized carbons (Fsp3) is 0.480. The molecule has 6 heteroatoms. The Bertz CT molecular complexity index is 826. The molecule has 2 aliphatic rings. The molecule has 2 aliphatic heterocycles. The average Bonchev–Trinajstić information content (AvgIpc) is 2.82. The number of ether oxygens (including phenoxy) is 5. The summed E-state index contributed by atoms with van der Waals surface area (Å²) < 4.78 is 30.3. The number of rotatable bonds is 8. The number of hydrogen-bond donors (Lipinski definition) is 0. The van der Waals surface area contributed by atoms with Crippen molar-refractivity contribution < 1.29 is 28.5 Å². The normalized spacial score (nSPS) is 30.5. The largest absolute Gasteiger partial charge is 0.456 e. The van der Waals surface area contributed by atoms with Crippen LogP contribution >= 0.6 is 0 Å². The van der Waals surface area contributed by atoms with Crippen molar-refractivity contribution >= 4 is 5.97 Å².